The van der Waals surface area contributed by atoms with E-state index in [1.54, 1.807) is 0 Å². The number of aliphatic hydroxyl groups is 1. The molecule has 0 amide bonds. The predicted molar refractivity (Wildman–Crippen MR) is 53.2 cm³/mol. The van der Waals surface area contributed by atoms with E-state index in [4.69, 9.17) is 5.11 Å². The van der Waals surface area contributed by atoms with Gasteiger partial charge in [0.15, 0.2) is 0 Å². The molecule has 0 bridgehead atoms. The third kappa shape index (κ3) is 1.37. The number of halogens is 1. The molecule has 1 aromatic heterocycles. The van der Waals surface area contributed by atoms with Crippen molar-refractivity contribution in [3.63, 3.8) is 0 Å². The molecule has 0 aliphatic heterocycles. The lowest BCUT2D eigenvalue weighted by molar-refractivity contribution is 0.281. The number of hydrogen-bond acceptors (Lipinski definition) is 3. The van der Waals surface area contributed by atoms with E-state index in [2.05, 4.69) is 20.9 Å². The van der Waals surface area contributed by atoms with Crippen LogP contribution in [0.3, 0.4) is 0 Å². The number of thiazole rings is 1. The van der Waals surface area contributed by atoms with Crippen molar-refractivity contribution in [1.82, 2.24) is 4.98 Å². The minimum Gasteiger partial charge on any atom is -0.389 e. The lowest BCUT2D eigenvalue weighted by Gasteiger charge is -1.87. The molecule has 2 rings (SSSR count). The van der Waals surface area contributed by atoms with Crippen molar-refractivity contribution in [2.24, 2.45) is 0 Å². The minimum atomic E-state index is 0.0248. The second-order valence-electron chi connectivity index (χ2n) is 2.38. The second-order valence-corrected chi connectivity index (χ2v) is 4.41. The van der Waals surface area contributed by atoms with Crippen LogP contribution in [0.25, 0.3) is 10.2 Å². The highest BCUT2D eigenvalue weighted by molar-refractivity contribution is 9.10. The Kier molecular flexibility index (Phi) is 2.12. The molecule has 1 N–H and O–H groups in total. The van der Waals surface area contributed by atoms with E-state index in [0.717, 1.165) is 19.7 Å². The molecular weight excluding hydrogens is 238 g/mol. The maximum atomic E-state index is 8.84. The lowest BCUT2D eigenvalue weighted by Crippen LogP contribution is -1.77. The Balaban J connectivity index is 2.67. The van der Waals surface area contributed by atoms with Gasteiger partial charge in [0.2, 0.25) is 0 Å². The zero-order valence-electron chi connectivity index (χ0n) is 6.12. The molecule has 0 fully saturated rings. The summed E-state index contributed by atoms with van der Waals surface area (Å²) in [7, 11) is 0. The summed E-state index contributed by atoms with van der Waals surface area (Å²) in [6, 6.07) is 5.92. The Labute approximate surface area is 82.0 Å². The predicted octanol–water partition coefficient (Wildman–Crippen LogP) is 2.55. The van der Waals surface area contributed by atoms with Gasteiger partial charge in [0.05, 0.1) is 16.8 Å². The van der Waals surface area contributed by atoms with Crippen LogP contribution < -0.4 is 0 Å². The van der Waals surface area contributed by atoms with E-state index in [1.165, 1.54) is 11.3 Å². The van der Waals surface area contributed by atoms with E-state index in [0.29, 0.717) is 0 Å². The van der Waals surface area contributed by atoms with E-state index in [1.807, 2.05) is 18.2 Å². The molecule has 0 unspecified atom stereocenters. The van der Waals surface area contributed by atoms with Crippen LogP contribution >= 0.6 is 27.3 Å². The average molecular weight is 244 g/mol. The van der Waals surface area contributed by atoms with Gasteiger partial charge >= 0.3 is 0 Å². The molecule has 12 heavy (non-hydrogen) atoms. The summed E-state index contributed by atoms with van der Waals surface area (Å²) in [5.74, 6) is 0. The van der Waals surface area contributed by atoms with Crippen LogP contribution in [0.2, 0.25) is 0 Å². The van der Waals surface area contributed by atoms with Gasteiger partial charge in [-0.15, -0.1) is 11.3 Å². The maximum absolute atomic E-state index is 8.84. The highest BCUT2D eigenvalue weighted by Crippen LogP contribution is 2.24. The average Bonchev–Trinajstić information content (AvgIpc) is 2.46. The Morgan fingerprint density at radius 3 is 3.08 bits per heavy atom. The van der Waals surface area contributed by atoms with Gasteiger partial charge in [-0.1, -0.05) is 15.9 Å². The number of fused-ring (bicyclic) bond motifs is 1. The van der Waals surface area contributed by atoms with Crippen LogP contribution in [0.15, 0.2) is 22.7 Å². The van der Waals surface area contributed by atoms with Crippen molar-refractivity contribution in [3.8, 4) is 0 Å². The van der Waals surface area contributed by atoms with Crippen LogP contribution in [-0.2, 0) is 6.61 Å². The topological polar surface area (TPSA) is 33.1 Å². The molecule has 62 valence electrons. The van der Waals surface area contributed by atoms with Gasteiger partial charge in [-0.2, -0.15) is 0 Å². The summed E-state index contributed by atoms with van der Waals surface area (Å²) < 4.78 is 2.13. The molecule has 0 radical (unpaired) electrons. The first-order chi connectivity index (χ1) is 5.79. The van der Waals surface area contributed by atoms with Gasteiger partial charge in [0.25, 0.3) is 0 Å². The fourth-order valence-electron chi connectivity index (χ4n) is 1.02. The van der Waals surface area contributed by atoms with Gasteiger partial charge in [-0.25, -0.2) is 4.98 Å². The number of hydrogen-bond donors (Lipinski definition) is 1. The molecular formula is C8H6BrNOS. The Morgan fingerprint density at radius 2 is 2.33 bits per heavy atom. The molecule has 1 aromatic carbocycles. The second kappa shape index (κ2) is 3.12. The Morgan fingerprint density at radius 1 is 1.50 bits per heavy atom. The quantitative estimate of drug-likeness (QED) is 0.836. The summed E-state index contributed by atoms with van der Waals surface area (Å²) in [6.45, 7) is 0.0248. The molecule has 0 saturated heterocycles. The van der Waals surface area contributed by atoms with Crippen molar-refractivity contribution in [2.75, 3.05) is 0 Å². The zero-order chi connectivity index (χ0) is 8.55. The van der Waals surface area contributed by atoms with Gasteiger partial charge in [0, 0.05) is 4.47 Å². The monoisotopic (exact) mass is 243 g/mol. The summed E-state index contributed by atoms with van der Waals surface area (Å²) in [5, 5.41) is 9.61. The summed E-state index contributed by atoms with van der Waals surface area (Å²) in [5.41, 5.74) is 0.943. The third-order valence-corrected chi connectivity index (χ3v) is 3.04. The fraction of sp³-hybridized carbons (Fsp3) is 0.125. The van der Waals surface area contributed by atoms with Crippen LogP contribution in [0.4, 0.5) is 0 Å². The van der Waals surface area contributed by atoms with E-state index in [-0.39, 0.29) is 6.61 Å². The zero-order valence-corrected chi connectivity index (χ0v) is 8.52. The van der Waals surface area contributed by atoms with E-state index >= 15 is 0 Å². The van der Waals surface area contributed by atoms with Gasteiger partial charge in [-0.3, -0.25) is 0 Å². The lowest BCUT2D eigenvalue weighted by atomic mass is 10.3. The number of aromatic nitrogens is 1. The normalized spacial score (nSPS) is 10.8. The van der Waals surface area contributed by atoms with Gasteiger partial charge in [0.1, 0.15) is 5.01 Å². The maximum Gasteiger partial charge on any atom is 0.119 e. The molecule has 0 spiro atoms. The van der Waals surface area contributed by atoms with Crippen LogP contribution in [0, 0.1) is 0 Å². The van der Waals surface area contributed by atoms with Crippen molar-refractivity contribution in [3.05, 3.63) is 27.7 Å². The molecule has 0 atom stereocenters. The Hall–Kier alpha value is -0.450. The molecule has 0 saturated carbocycles. The minimum absolute atomic E-state index is 0.0248. The molecule has 2 nitrogen and oxygen atoms in total. The first-order valence-electron chi connectivity index (χ1n) is 3.45. The molecule has 2 aromatic rings. The SMILES string of the molecule is OCc1nc2cc(Br)ccc2s1. The number of nitrogens with zero attached hydrogens (tertiary/aromatic N) is 1. The number of benzene rings is 1. The van der Waals surface area contributed by atoms with Crippen molar-refractivity contribution >= 4 is 37.5 Å². The highest BCUT2D eigenvalue weighted by atomic mass is 79.9. The summed E-state index contributed by atoms with van der Waals surface area (Å²) in [6.07, 6.45) is 0. The van der Waals surface area contributed by atoms with Crippen LogP contribution in [0.1, 0.15) is 5.01 Å². The van der Waals surface area contributed by atoms with E-state index in [9.17, 15) is 0 Å². The largest absolute Gasteiger partial charge is 0.389 e. The molecule has 4 heteroatoms. The van der Waals surface area contributed by atoms with E-state index < -0.39 is 0 Å². The fourth-order valence-corrected chi connectivity index (χ4v) is 2.17. The first-order valence-corrected chi connectivity index (χ1v) is 5.06. The summed E-state index contributed by atoms with van der Waals surface area (Å²) in [4.78, 5) is 4.23. The Bertz CT molecular complexity index is 412. The van der Waals surface area contributed by atoms with Crippen molar-refractivity contribution < 1.29 is 5.11 Å². The standard InChI is InChI=1S/C8H6BrNOS/c9-5-1-2-7-6(3-5)10-8(4-11)12-7/h1-3,11H,4H2. The van der Waals surface area contributed by atoms with Crippen LogP contribution in [0.5, 0.6) is 0 Å². The van der Waals surface area contributed by atoms with Crippen molar-refractivity contribution in [2.45, 2.75) is 6.61 Å². The highest BCUT2D eigenvalue weighted by Gasteiger charge is 2.01. The van der Waals surface area contributed by atoms with Crippen molar-refractivity contribution in [1.29, 1.82) is 0 Å². The molecule has 0 aliphatic carbocycles. The molecule has 0 aliphatic rings. The first kappa shape index (κ1) is 8.16. The van der Waals surface area contributed by atoms with Crippen LogP contribution in [-0.4, -0.2) is 10.1 Å². The number of rotatable bonds is 1. The summed E-state index contributed by atoms with van der Waals surface area (Å²) >= 11 is 4.89. The molecule has 1 heterocycles. The number of aliphatic hydroxyl groups excluding tert-OH is 1. The third-order valence-electron chi connectivity index (χ3n) is 1.53. The van der Waals surface area contributed by atoms with Gasteiger partial charge < -0.3 is 5.11 Å². The smallest absolute Gasteiger partial charge is 0.119 e. The van der Waals surface area contributed by atoms with Gasteiger partial charge in [-0.05, 0) is 18.2 Å².